The van der Waals surface area contributed by atoms with Crippen molar-refractivity contribution >= 4 is 33.0 Å². The second kappa shape index (κ2) is 9.80. The van der Waals surface area contributed by atoms with Crippen molar-refractivity contribution in [1.29, 1.82) is 0 Å². The van der Waals surface area contributed by atoms with Crippen LogP contribution < -0.4 is 15.0 Å². The average molecular weight is 492 g/mol. The Bertz CT molecular complexity index is 1170. The van der Waals surface area contributed by atoms with Gasteiger partial charge in [0.2, 0.25) is 5.91 Å². The monoisotopic (exact) mass is 491 g/mol. The molecule has 3 aromatic rings. The van der Waals surface area contributed by atoms with Crippen molar-refractivity contribution in [3.63, 3.8) is 0 Å². The van der Waals surface area contributed by atoms with Crippen LogP contribution in [0.25, 0.3) is 10.1 Å². The first kappa shape index (κ1) is 22.8. The minimum Gasteiger partial charge on any atom is -0.490 e. The number of nitrogens with zero attached hydrogens (tertiary/aromatic N) is 2. The van der Waals surface area contributed by atoms with E-state index in [0.717, 1.165) is 50.2 Å². The van der Waals surface area contributed by atoms with Gasteiger partial charge in [-0.15, -0.1) is 11.3 Å². The first-order chi connectivity index (χ1) is 17.1. The molecule has 0 radical (unpaired) electrons. The smallest absolute Gasteiger partial charge is 0.225 e. The van der Waals surface area contributed by atoms with Gasteiger partial charge in [0.05, 0.1) is 18.1 Å². The summed E-state index contributed by atoms with van der Waals surface area (Å²) in [7, 11) is 0. The van der Waals surface area contributed by atoms with E-state index in [1.807, 2.05) is 24.3 Å². The largest absolute Gasteiger partial charge is 0.490 e. The van der Waals surface area contributed by atoms with Gasteiger partial charge in [0, 0.05) is 30.0 Å². The van der Waals surface area contributed by atoms with Crippen LogP contribution >= 0.6 is 11.3 Å². The molecule has 3 heterocycles. The van der Waals surface area contributed by atoms with Crippen molar-refractivity contribution in [3.05, 3.63) is 59.5 Å². The van der Waals surface area contributed by atoms with Gasteiger partial charge in [-0.2, -0.15) is 0 Å². The van der Waals surface area contributed by atoms with Gasteiger partial charge in [0.1, 0.15) is 11.9 Å². The number of hydrogen-bond acceptors (Lipinski definition) is 6. The van der Waals surface area contributed by atoms with Crippen LogP contribution in [-0.4, -0.2) is 60.8 Å². The molecular weight excluding hydrogens is 458 g/mol. The van der Waals surface area contributed by atoms with E-state index in [1.165, 1.54) is 22.2 Å². The number of carbonyl (C=O) groups excluding carboxylic acids is 1. The van der Waals surface area contributed by atoms with Gasteiger partial charge in [0.25, 0.3) is 0 Å². The molecule has 3 atom stereocenters. The fraction of sp³-hybridized carbons (Fsp3) is 0.464. The molecule has 0 bridgehead atoms. The van der Waals surface area contributed by atoms with Crippen molar-refractivity contribution in [2.75, 3.05) is 37.6 Å². The molecule has 6 nitrogen and oxygen atoms in total. The third-order valence-electron chi connectivity index (χ3n) is 7.53. The van der Waals surface area contributed by atoms with Gasteiger partial charge >= 0.3 is 0 Å². The number of anilines is 1. The summed E-state index contributed by atoms with van der Waals surface area (Å²) in [5.41, 5.74) is 2.00. The van der Waals surface area contributed by atoms with Crippen molar-refractivity contribution < 1.29 is 14.6 Å². The summed E-state index contributed by atoms with van der Waals surface area (Å²) in [6.07, 6.45) is 3.84. The number of aliphatic hydroxyl groups is 1. The summed E-state index contributed by atoms with van der Waals surface area (Å²) in [5, 5.41) is 17.9. The van der Waals surface area contributed by atoms with Crippen LogP contribution in [-0.2, 0) is 4.79 Å². The number of fused-ring (bicyclic) bond motifs is 1. The number of carbonyl (C=O) groups is 1. The Hall–Kier alpha value is -2.61. The standard InChI is InChI=1S/C28H33N3O3S/c32-27(20-3-6-23(7-4-20)34-24-8-9-24)25(18-30-12-1-13-30)29-28(33)21-10-14-31(17-21)22-5-2-19-11-15-35-26(19)16-22/h2-7,11,15-16,21,24-25,27,32H,1,8-10,12-14,17-18H2,(H,29,33)/t21-,25?,27?/m1/s1. The molecule has 7 heteroatoms. The molecule has 3 aliphatic rings. The fourth-order valence-corrected chi connectivity index (χ4v) is 5.89. The Morgan fingerprint density at radius 1 is 1.09 bits per heavy atom. The molecule has 1 aliphatic carbocycles. The summed E-state index contributed by atoms with van der Waals surface area (Å²) in [5.74, 6) is 0.816. The number of ether oxygens (including phenoxy) is 1. The molecule has 1 amide bonds. The zero-order valence-corrected chi connectivity index (χ0v) is 20.8. The minimum absolute atomic E-state index is 0.0444. The first-order valence-electron chi connectivity index (χ1n) is 12.8. The lowest BCUT2D eigenvalue weighted by atomic mass is 9.99. The molecule has 2 unspecified atom stereocenters. The van der Waals surface area contributed by atoms with Crippen LogP contribution in [0.3, 0.4) is 0 Å². The number of nitrogens with one attached hydrogen (secondary N) is 1. The van der Waals surface area contributed by atoms with Gasteiger partial charge in [-0.1, -0.05) is 18.2 Å². The average Bonchev–Trinajstić information content (AvgIpc) is 3.32. The Kier molecular flexibility index (Phi) is 6.39. The molecule has 1 saturated carbocycles. The predicted octanol–water partition coefficient (Wildman–Crippen LogP) is 4.19. The number of rotatable bonds is 9. The Morgan fingerprint density at radius 3 is 2.66 bits per heavy atom. The minimum atomic E-state index is -0.756. The third kappa shape index (κ3) is 5.17. The van der Waals surface area contributed by atoms with E-state index < -0.39 is 6.10 Å². The number of amides is 1. The second-order valence-corrected chi connectivity index (χ2v) is 11.1. The van der Waals surface area contributed by atoms with Crippen LogP contribution in [0.4, 0.5) is 5.69 Å². The second-order valence-electron chi connectivity index (χ2n) is 10.2. The summed E-state index contributed by atoms with van der Waals surface area (Å²) in [6.45, 7) is 4.29. The quantitative estimate of drug-likeness (QED) is 0.470. The third-order valence-corrected chi connectivity index (χ3v) is 8.40. The highest BCUT2D eigenvalue weighted by Crippen LogP contribution is 2.31. The first-order valence-corrected chi connectivity index (χ1v) is 13.7. The van der Waals surface area contributed by atoms with E-state index in [9.17, 15) is 9.90 Å². The topological polar surface area (TPSA) is 65.0 Å². The maximum atomic E-state index is 13.3. The van der Waals surface area contributed by atoms with Gasteiger partial charge < -0.3 is 25.0 Å². The molecule has 2 aliphatic heterocycles. The van der Waals surface area contributed by atoms with Gasteiger partial charge in [-0.25, -0.2) is 0 Å². The van der Waals surface area contributed by atoms with E-state index in [4.69, 9.17) is 4.74 Å². The SMILES string of the molecule is O=C(NC(CN1CCC1)C(O)c1ccc(OC2CC2)cc1)[C@@H]1CCN(c2ccc3ccsc3c2)C1. The molecule has 35 heavy (non-hydrogen) atoms. The number of benzene rings is 2. The number of thiophene rings is 1. The van der Waals surface area contributed by atoms with Gasteiger partial charge in [-0.05, 0) is 85.4 Å². The lowest BCUT2D eigenvalue weighted by Crippen LogP contribution is -2.52. The summed E-state index contributed by atoms with van der Waals surface area (Å²) < 4.78 is 7.12. The van der Waals surface area contributed by atoms with Crippen molar-refractivity contribution in [2.45, 2.75) is 43.9 Å². The predicted molar refractivity (Wildman–Crippen MR) is 140 cm³/mol. The molecule has 2 aromatic carbocycles. The van der Waals surface area contributed by atoms with E-state index in [1.54, 1.807) is 11.3 Å². The zero-order valence-electron chi connectivity index (χ0n) is 19.9. The van der Waals surface area contributed by atoms with Crippen LogP contribution in [0.2, 0.25) is 0 Å². The molecule has 3 fully saturated rings. The summed E-state index contributed by atoms with van der Waals surface area (Å²) in [6, 6.07) is 16.1. The van der Waals surface area contributed by atoms with E-state index >= 15 is 0 Å². The van der Waals surface area contributed by atoms with Crippen molar-refractivity contribution in [1.82, 2.24) is 10.2 Å². The molecule has 1 aromatic heterocycles. The fourth-order valence-electron chi connectivity index (χ4n) is 5.07. The molecule has 2 N–H and O–H groups in total. The summed E-state index contributed by atoms with van der Waals surface area (Å²) >= 11 is 1.75. The van der Waals surface area contributed by atoms with Gasteiger partial charge in [0.15, 0.2) is 0 Å². The molecular formula is C28H33N3O3S. The lowest BCUT2D eigenvalue weighted by molar-refractivity contribution is -0.126. The number of likely N-dealkylation sites (tertiary alicyclic amines) is 1. The molecule has 184 valence electrons. The highest BCUT2D eigenvalue weighted by atomic mass is 32.1. The maximum Gasteiger partial charge on any atom is 0.225 e. The normalized spacial score (nSPS) is 22.1. The number of hydrogen-bond donors (Lipinski definition) is 2. The Morgan fingerprint density at radius 2 is 1.91 bits per heavy atom. The van der Waals surface area contributed by atoms with Gasteiger partial charge in [-0.3, -0.25) is 4.79 Å². The van der Waals surface area contributed by atoms with Crippen LogP contribution in [0, 0.1) is 5.92 Å². The maximum absolute atomic E-state index is 13.3. The highest BCUT2D eigenvalue weighted by molar-refractivity contribution is 7.17. The number of aliphatic hydroxyl groups excluding tert-OH is 1. The molecule has 6 rings (SSSR count). The molecule has 2 saturated heterocycles. The van der Waals surface area contributed by atoms with E-state index in [0.29, 0.717) is 19.2 Å². The highest BCUT2D eigenvalue weighted by Gasteiger charge is 2.33. The van der Waals surface area contributed by atoms with E-state index in [2.05, 4.69) is 44.8 Å². The van der Waals surface area contributed by atoms with Crippen LogP contribution in [0.15, 0.2) is 53.9 Å². The lowest BCUT2D eigenvalue weighted by Gasteiger charge is -2.36. The van der Waals surface area contributed by atoms with Crippen molar-refractivity contribution in [2.24, 2.45) is 5.92 Å². The van der Waals surface area contributed by atoms with Crippen molar-refractivity contribution in [3.8, 4) is 5.75 Å². The van der Waals surface area contributed by atoms with Crippen LogP contribution in [0.1, 0.15) is 37.4 Å². The zero-order chi connectivity index (χ0) is 23.8. The Balaban J connectivity index is 1.11. The summed E-state index contributed by atoms with van der Waals surface area (Å²) in [4.78, 5) is 17.9. The molecule has 0 spiro atoms. The van der Waals surface area contributed by atoms with Crippen LogP contribution in [0.5, 0.6) is 5.75 Å². The Labute approximate surface area is 210 Å². The van der Waals surface area contributed by atoms with E-state index in [-0.39, 0.29) is 17.9 Å².